The summed E-state index contributed by atoms with van der Waals surface area (Å²) >= 11 is 0. The van der Waals surface area contributed by atoms with Crippen LogP contribution in [0.4, 0.5) is 27.7 Å². The van der Waals surface area contributed by atoms with Gasteiger partial charge in [0.15, 0.2) is 25.8 Å². The molecule has 0 aliphatic rings. The number of rotatable bonds is 1. The standard InChI is InChI=1S/C6HF5N.C3H10OSi.Zn/c7-2-1-3(12-11)5(9)6(10)4(2)8;1-5(2,3)4;/h1H;4H,1-3H3;/q-1;;. The predicted molar refractivity (Wildman–Crippen MR) is 56.0 cm³/mol. The number of halogens is 5. The van der Waals surface area contributed by atoms with Gasteiger partial charge in [-0.05, 0) is 25.7 Å². The van der Waals surface area contributed by atoms with Gasteiger partial charge >= 0.3 is 0 Å². The molecule has 1 rings (SSSR count). The fourth-order valence-electron chi connectivity index (χ4n) is 0.622. The van der Waals surface area contributed by atoms with Gasteiger partial charge in [-0.25, -0.2) is 17.6 Å². The molecular formula is C9H11F5NOSiZn-. The first-order valence-electron chi connectivity index (χ1n) is 4.45. The van der Waals surface area contributed by atoms with Crippen LogP contribution in [-0.4, -0.2) is 13.1 Å². The van der Waals surface area contributed by atoms with Gasteiger partial charge in [0.1, 0.15) is 5.82 Å². The minimum Gasteiger partial charge on any atom is -0.518 e. The van der Waals surface area contributed by atoms with Crippen LogP contribution in [0.25, 0.3) is 5.54 Å². The van der Waals surface area contributed by atoms with Gasteiger partial charge in [0, 0.05) is 19.5 Å². The topological polar surface area (TPSA) is 34.3 Å². The van der Waals surface area contributed by atoms with E-state index in [2.05, 4.69) is 0 Å². The fraction of sp³-hybridized carbons (Fsp3) is 0.333. The Bertz CT molecular complexity index is 394. The van der Waals surface area contributed by atoms with Crippen LogP contribution in [0.1, 0.15) is 0 Å². The number of hydrogen-bond donors (Lipinski definition) is 1. The Hall–Kier alpha value is -0.530. The molecule has 1 aromatic rings. The van der Waals surface area contributed by atoms with Crippen LogP contribution in [0.15, 0.2) is 6.07 Å². The van der Waals surface area contributed by atoms with E-state index in [0.29, 0.717) is 0 Å². The van der Waals surface area contributed by atoms with Crippen LogP contribution in [-0.2, 0) is 19.5 Å². The molecule has 18 heavy (non-hydrogen) atoms. The first-order valence-corrected chi connectivity index (χ1v) is 7.90. The zero-order chi connectivity index (χ0) is 13.8. The SMILES string of the molecule is C[Si](C)(C)O.F[N-]c1cc(F)c(F)c(F)c1F.[Zn]. The first kappa shape index (κ1) is 19.8. The van der Waals surface area contributed by atoms with Crippen molar-refractivity contribution in [3.8, 4) is 0 Å². The van der Waals surface area contributed by atoms with Crippen LogP contribution in [0.2, 0.25) is 19.6 Å². The monoisotopic (exact) mass is 336 g/mol. The van der Waals surface area contributed by atoms with E-state index < -0.39 is 37.3 Å². The largest absolute Gasteiger partial charge is 0.518 e. The Kier molecular flexibility index (Phi) is 8.59. The van der Waals surface area contributed by atoms with Gasteiger partial charge in [-0.3, -0.25) is 0 Å². The van der Waals surface area contributed by atoms with Crippen molar-refractivity contribution in [3.05, 3.63) is 34.9 Å². The minimum atomic E-state index is -2.08. The Morgan fingerprint density at radius 2 is 1.39 bits per heavy atom. The summed E-state index contributed by atoms with van der Waals surface area (Å²) in [6, 6.07) is 0.119. The molecule has 0 atom stereocenters. The summed E-state index contributed by atoms with van der Waals surface area (Å²) in [6.07, 6.45) is 0. The van der Waals surface area contributed by atoms with E-state index in [1.54, 1.807) is 5.54 Å². The molecule has 9 heteroatoms. The quantitative estimate of drug-likeness (QED) is 0.358. The van der Waals surface area contributed by atoms with Crippen molar-refractivity contribution in [1.82, 2.24) is 0 Å². The van der Waals surface area contributed by atoms with Crippen LogP contribution in [0.3, 0.4) is 0 Å². The van der Waals surface area contributed by atoms with Crippen molar-refractivity contribution in [1.29, 1.82) is 0 Å². The second-order valence-corrected chi connectivity index (χ2v) is 8.42. The van der Waals surface area contributed by atoms with E-state index >= 15 is 0 Å². The van der Waals surface area contributed by atoms with Gasteiger partial charge < -0.3 is 14.8 Å². The molecule has 0 fully saturated rings. The van der Waals surface area contributed by atoms with E-state index in [1.165, 1.54) is 0 Å². The van der Waals surface area contributed by atoms with Crippen LogP contribution in [0, 0.1) is 23.3 Å². The number of nitrogens with zero attached hydrogens (tertiary/aromatic N) is 1. The molecule has 0 saturated carbocycles. The summed E-state index contributed by atoms with van der Waals surface area (Å²) in [5, 5.41) is 0. The Balaban J connectivity index is 0. The predicted octanol–water partition coefficient (Wildman–Crippen LogP) is 3.94. The summed E-state index contributed by atoms with van der Waals surface area (Å²) < 4.78 is 60.3. The third-order valence-corrected chi connectivity index (χ3v) is 1.17. The molecule has 0 saturated heterocycles. The molecule has 0 amide bonds. The Morgan fingerprint density at radius 1 is 1.00 bits per heavy atom. The van der Waals surface area contributed by atoms with Crippen LogP contribution in [0.5, 0.6) is 0 Å². The van der Waals surface area contributed by atoms with Crippen LogP contribution < -0.4 is 0 Å². The maximum absolute atomic E-state index is 12.3. The van der Waals surface area contributed by atoms with Gasteiger partial charge in [-0.15, -0.1) is 0 Å². The molecule has 0 unspecified atom stereocenters. The van der Waals surface area contributed by atoms with Crippen molar-refractivity contribution < 1.29 is 46.3 Å². The zero-order valence-electron chi connectivity index (χ0n) is 10.1. The zero-order valence-corrected chi connectivity index (χ0v) is 14.0. The normalized spacial score (nSPS) is 10.1. The van der Waals surface area contributed by atoms with E-state index in [4.69, 9.17) is 4.80 Å². The Morgan fingerprint density at radius 3 is 1.72 bits per heavy atom. The summed E-state index contributed by atoms with van der Waals surface area (Å²) in [6.45, 7) is 5.65. The second-order valence-electron chi connectivity index (χ2n) is 4.07. The summed E-state index contributed by atoms with van der Waals surface area (Å²) in [4.78, 5) is 8.66. The fourth-order valence-corrected chi connectivity index (χ4v) is 0.622. The molecule has 0 bridgehead atoms. The first-order chi connectivity index (χ1) is 7.57. The number of hydrogen-bond acceptors (Lipinski definition) is 1. The van der Waals surface area contributed by atoms with Gasteiger partial charge in [0.25, 0.3) is 0 Å². The molecule has 0 aliphatic carbocycles. The smallest absolute Gasteiger partial charge is 0.197 e. The van der Waals surface area contributed by atoms with Gasteiger partial charge in [-0.1, -0.05) is 5.69 Å². The summed E-state index contributed by atoms with van der Waals surface area (Å²) in [5.41, 5.74) is 0.509. The van der Waals surface area contributed by atoms with Crippen molar-refractivity contribution in [2.45, 2.75) is 19.6 Å². The third kappa shape index (κ3) is 7.03. The van der Waals surface area contributed by atoms with E-state index in [0.717, 1.165) is 0 Å². The van der Waals surface area contributed by atoms with Crippen molar-refractivity contribution in [2.24, 2.45) is 0 Å². The minimum absolute atomic E-state index is 0. The summed E-state index contributed by atoms with van der Waals surface area (Å²) in [5.74, 6) is -7.60. The van der Waals surface area contributed by atoms with Gasteiger partial charge in [-0.2, -0.15) is 0 Å². The van der Waals surface area contributed by atoms with Crippen LogP contribution >= 0.6 is 0 Å². The van der Waals surface area contributed by atoms with E-state index in [-0.39, 0.29) is 25.5 Å². The second kappa shape index (κ2) is 7.81. The van der Waals surface area contributed by atoms with E-state index in [1.807, 2.05) is 19.6 Å². The van der Waals surface area contributed by atoms with Crippen molar-refractivity contribution >= 4 is 14.0 Å². The molecular weight excluding hydrogens is 327 g/mol. The van der Waals surface area contributed by atoms with E-state index in [9.17, 15) is 22.0 Å². The van der Waals surface area contributed by atoms with Gasteiger partial charge in [0.05, 0.1) is 0 Å². The molecule has 0 spiro atoms. The molecule has 100 valence electrons. The maximum atomic E-state index is 12.3. The molecule has 0 aliphatic heterocycles. The molecule has 2 nitrogen and oxygen atoms in total. The molecule has 1 N–H and O–H groups in total. The molecule has 0 radical (unpaired) electrons. The molecule has 1 aromatic carbocycles. The third-order valence-electron chi connectivity index (χ3n) is 1.17. The summed E-state index contributed by atoms with van der Waals surface area (Å²) in [7, 11) is -1.61. The average Bonchev–Trinajstić information content (AvgIpc) is 2.18. The maximum Gasteiger partial charge on any atom is 0.197 e. The molecule has 0 aromatic heterocycles. The van der Waals surface area contributed by atoms with Crippen molar-refractivity contribution in [3.63, 3.8) is 0 Å². The average molecular weight is 338 g/mol. The Labute approximate surface area is 115 Å². The number of benzene rings is 1. The van der Waals surface area contributed by atoms with Gasteiger partial charge in [0.2, 0.25) is 0 Å². The van der Waals surface area contributed by atoms with Crippen molar-refractivity contribution in [2.75, 3.05) is 0 Å². The molecule has 0 heterocycles.